The third-order valence-corrected chi connectivity index (χ3v) is 4.22. The van der Waals surface area contributed by atoms with Crippen LogP contribution in [0.15, 0.2) is 24.3 Å². The number of ether oxygens (including phenoxy) is 1. The summed E-state index contributed by atoms with van der Waals surface area (Å²) in [5.74, 6) is -0.246. The van der Waals surface area contributed by atoms with Crippen molar-refractivity contribution in [1.29, 1.82) is 0 Å². The van der Waals surface area contributed by atoms with Gasteiger partial charge in [-0.05, 0) is 36.0 Å². The van der Waals surface area contributed by atoms with Gasteiger partial charge in [0.25, 0.3) is 0 Å². The first-order valence-electron chi connectivity index (χ1n) is 7.57. The summed E-state index contributed by atoms with van der Waals surface area (Å²) in [4.78, 5) is 24.7. The molecule has 0 radical (unpaired) electrons. The van der Waals surface area contributed by atoms with Gasteiger partial charge < -0.3 is 9.84 Å². The number of methoxy groups -OCH3 is 1. The molecule has 0 aromatic heterocycles. The molecule has 1 aliphatic rings. The summed E-state index contributed by atoms with van der Waals surface area (Å²) in [5, 5.41) is 9.35. The van der Waals surface area contributed by atoms with Gasteiger partial charge in [-0.2, -0.15) is 0 Å². The molecule has 2 rings (SSSR count). The molecule has 0 amide bonds. The standard InChI is InChI=1S/C18H24O4/c1-17(2,3)11-15(20)14-10-18(14,16(21)22-4)9-12-5-7-13(19)8-6-12/h5-8,14,19H,9-11H2,1-4H3/t14-,18+/m1/s1. The number of hydrogen-bond acceptors (Lipinski definition) is 4. The van der Waals surface area contributed by atoms with E-state index in [9.17, 15) is 14.7 Å². The molecular weight excluding hydrogens is 280 g/mol. The largest absolute Gasteiger partial charge is 0.508 e. The first kappa shape index (κ1) is 16.5. The van der Waals surface area contributed by atoms with Crippen LogP contribution in [-0.2, 0) is 20.7 Å². The smallest absolute Gasteiger partial charge is 0.312 e. The Hall–Kier alpha value is -1.84. The number of Topliss-reactive ketones (excluding diaryl/α,β-unsaturated/α-hetero) is 1. The van der Waals surface area contributed by atoms with Gasteiger partial charge >= 0.3 is 5.97 Å². The van der Waals surface area contributed by atoms with Crippen LogP contribution in [0.4, 0.5) is 0 Å². The van der Waals surface area contributed by atoms with Crippen LogP contribution in [-0.4, -0.2) is 24.0 Å². The molecular formula is C18H24O4. The van der Waals surface area contributed by atoms with E-state index in [0.29, 0.717) is 19.3 Å². The number of hydrogen-bond donors (Lipinski definition) is 1. The van der Waals surface area contributed by atoms with Gasteiger partial charge in [-0.15, -0.1) is 0 Å². The maximum absolute atomic E-state index is 12.5. The second-order valence-corrected chi connectivity index (χ2v) is 7.45. The van der Waals surface area contributed by atoms with Crippen molar-refractivity contribution in [1.82, 2.24) is 0 Å². The van der Waals surface area contributed by atoms with Gasteiger partial charge in [-0.3, -0.25) is 9.59 Å². The van der Waals surface area contributed by atoms with E-state index in [2.05, 4.69) is 0 Å². The van der Waals surface area contributed by atoms with Crippen LogP contribution < -0.4 is 0 Å². The van der Waals surface area contributed by atoms with E-state index in [1.807, 2.05) is 20.8 Å². The highest BCUT2D eigenvalue weighted by molar-refractivity contribution is 5.95. The van der Waals surface area contributed by atoms with Crippen LogP contribution in [0.1, 0.15) is 39.2 Å². The van der Waals surface area contributed by atoms with Crippen molar-refractivity contribution in [2.75, 3.05) is 7.11 Å². The predicted octanol–water partition coefficient (Wildman–Crippen LogP) is 3.12. The van der Waals surface area contributed by atoms with Gasteiger partial charge in [-0.1, -0.05) is 32.9 Å². The number of ketones is 1. The van der Waals surface area contributed by atoms with E-state index >= 15 is 0 Å². The Morgan fingerprint density at radius 3 is 2.36 bits per heavy atom. The van der Waals surface area contributed by atoms with Crippen molar-refractivity contribution in [3.8, 4) is 5.75 Å². The molecule has 22 heavy (non-hydrogen) atoms. The number of phenolic OH excluding ortho intramolecular Hbond substituents is 1. The van der Waals surface area contributed by atoms with Crippen molar-refractivity contribution in [2.24, 2.45) is 16.7 Å². The zero-order chi connectivity index (χ0) is 16.5. The fraction of sp³-hybridized carbons (Fsp3) is 0.556. The van der Waals surface area contributed by atoms with Gasteiger partial charge in [0, 0.05) is 12.3 Å². The van der Waals surface area contributed by atoms with E-state index in [0.717, 1.165) is 5.56 Å². The Morgan fingerprint density at radius 1 is 1.27 bits per heavy atom. The summed E-state index contributed by atoms with van der Waals surface area (Å²) in [6.45, 7) is 6.06. The Balaban J connectivity index is 2.16. The zero-order valence-electron chi connectivity index (χ0n) is 13.7. The SMILES string of the molecule is COC(=O)[C@@]1(Cc2ccc(O)cc2)C[C@@H]1C(=O)CC(C)(C)C. The maximum Gasteiger partial charge on any atom is 0.312 e. The molecule has 0 unspecified atom stereocenters. The lowest BCUT2D eigenvalue weighted by molar-refractivity contribution is -0.149. The van der Waals surface area contributed by atoms with Gasteiger partial charge in [0.1, 0.15) is 11.5 Å². The first-order chi connectivity index (χ1) is 10.2. The van der Waals surface area contributed by atoms with Gasteiger partial charge in [0.05, 0.1) is 12.5 Å². The van der Waals surface area contributed by atoms with E-state index in [4.69, 9.17) is 4.74 Å². The summed E-state index contributed by atoms with van der Waals surface area (Å²) < 4.78 is 4.94. The second kappa shape index (κ2) is 5.75. The van der Waals surface area contributed by atoms with Crippen LogP contribution >= 0.6 is 0 Å². The number of carbonyl (C=O) groups excluding carboxylic acids is 2. The highest BCUT2D eigenvalue weighted by Gasteiger charge is 2.63. The van der Waals surface area contributed by atoms with Crippen LogP contribution in [0.2, 0.25) is 0 Å². The molecule has 1 N–H and O–H groups in total. The minimum atomic E-state index is -0.728. The third-order valence-electron chi connectivity index (χ3n) is 4.22. The molecule has 1 saturated carbocycles. The molecule has 0 bridgehead atoms. The molecule has 1 aliphatic carbocycles. The molecule has 4 heteroatoms. The number of rotatable bonds is 5. The predicted molar refractivity (Wildman–Crippen MR) is 83.4 cm³/mol. The molecule has 2 atom stereocenters. The van der Waals surface area contributed by atoms with E-state index in [-0.39, 0.29) is 28.8 Å². The fourth-order valence-corrected chi connectivity index (χ4v) is 3.05. The molecule has 120 valence electrons. The summed E-state index contributed by atoms with van der Waals surface area (Å²) in [6, 6.07) is 6.75. The lowest BCUT2D eigenvalue weighted by atomic mass is 9.85. The average Bonchev–Trinajstić information content (AvgIpc) is 3.14. The number of benzene rings is 1. The molecule has 4 nitrogen and oxygen atoms in total. The summed E-state index contributed by atoms with van der Waals surface area (Å²) in [7, 11) is 1.37. The monoisotopic (exact) mass is 304 g/mol. The van der Waals surface area contributed by atoms with Crippen molar-refractivity contribution in [3.05, 3.63) is 29.8 Å². The fourth-order valence-electron chi connectivity index (χ4n) is 3.05. The average molecular weight is 304 g/mol. The summed E-state index contributed by atoms with van der Waals surface area (Å²) in [5.41, 5.74) is 0.114. The molecule has 1 aromatic rings. The van der Waals surface area contributed by atoms with Gasteiger partial charge in [-0.25, -0.2) is 0 Å². The van der Waals surface area contributed by atoms with Crippen LogP contribution in [0.25, 0.3) is 0 Å². The molecule has 0 spiro atoms. The molecule has 1 aromatic carbocycles. The maximum atomic E-state index is 12.5. The zero-order valence-corrected chi connectivity index (χ0v) is 13.7. The minimum absolute atomic E-state index is 0.0833. The molecule has 0 aliphatic heterocycles. The summed E-state index contributed by atoms with van der Waals surface area (Å²) in [6.07, 6.45) is 1.49. The highest BCUT2D eigenvalue weighted by Crippen LogP contribution is 2.57. The van der Waals surface area contributed by atoms with E-state index in [1.165, 1.54) is 7.11 Å². The first-order valence-corrected chi connectivity index (χ1v) is 7.57. The second-order valence-electron chi connectivity index (χ2n) is 7.45. The van der Waals surface area contributed by atoms with Crippen LogP contribution in [0.5, 0.6) is 5.75 Å². The Morgan fingerprint density at radius 2 is 1.86 bits per heavy atom. The van der Waals surface area contributed by atoms with Crippen molar-refractivity contribution in [3.63, 3.8) is 0 Å². The number of carbonyl (C=O) groups is 2. The lowest BCUT2D eigenvalue weighted by Crippen LogP contribution is -2.26. The number of phenols is 1. The highest BCUT2D eigenvalue weighted by atomic mass is 16.5. The van der Waals surface area contributed by atoms with Crippen molar-refractivity contribution < 1.29 is 19.4 Å². The third kappa shape index (κ3) is 3.49. The number of aromatic hydroxyl groups is 1. The lowest BCUT2D eigenvalue weighted by Gasteiger charge is -2.19. The van der Waals surface area contributed by atoms with E-state index < -0.39 is 5.41 Å². The Bertz CT molecular complexity index is 568. The summed E-state index contributed by atoms with van der Waals surface area (Å²) >= 11 is 0. The van der Waals surface area contributed by atoms with Crippen molar-refractivity contribution >= 4 is 11.8 Å². The van der Waals surface area contributed by atoms with Crippen molar-refractivity contribution in [2.45, 2.75) is 40.0 Å². The number of esters is 1. The quantitative estimate of drug-likeness (QED) is 0.849. The topological polar surface area (TPSA) is 63.6 Å². The normalized spacial score (nSPS) is 23.9. The molecule has 1 fully saturated rings. The molecule has 0 heterocycles. The van der Waals surface area contributed by atoms with Gasteiger partial charge in [0.15, 0.2) is 0 Å². The van der Waals surface area contributed by atoms with Crippen LogP contribution in [0, 0.1) is 16.7 Å². The molecule has 0 saturated heterocycles. The van der Waals surface area contributed by atoms with Gasteiger partial charge in [0.2, 0.25) is 0 Å². The van der Waals surface area contributed by atoms with E-state index in [1.54, 1.807) is 24.3 Å². The van der Waals surface area contributed by atoms with Crippen LogP contribution in [0.3, 0.4) is 0 Å². The minimum Gasteiger partial charge on any atom is -0.508 e. The Kier molecular flexibility index (Phi) is 4.32. The Labute approximate surface area is 131 Å².